The first-order valence-corrected chi connectivity index (χ1v) is 8.64. The second-order valence-electron chi connectivity index (χ2n) is 7.44. The Hall–Kier alpha value is -2.24. The molecule has 2 aliphatic heterocycles. The summed E-state index contributed by atoms with van der Waals surface area (Å²) in [5.74, 6) is 1.73. The Labute approximate surface area is 140 Å². The van der Waals surface area contributed by atoms with Crippen LogP contribution in [0.1, 0.15) is 38.2 Å². The summed E-state index contributed by atoms with van der Waals surface area (Å²) in [6.45, 7) is 2.48. The second-order valence-corrected chi connectivity index (χ2v) is 7.44. The molecular weight excluding hydrogens is 308 g/mol. The fraction of sp³-hybridized carbons (Fsp3) is 0.556. The summed E-state index contributed by atoms with van der Waals surface area (Å²) in [5, 5.41) is 2.66. The number of hydrogen-bond acceptors (Lipinski definition) is 4. The molecular formula is C18H20N2O4. The van der Waals surface area contributed by atoms with E-state index in [0.29, 0.717) is 12.8 Å². The van der Waals surface area contributed by atoms with Gasteiger partial charge in [-0.05, 0) is 31.9 Å². The first-order valence-electron chi connectivity index (χ1n) is 8.64. The molecule has 3 fully saturated rings. The molecule has 0 radical (unpaired) electrons. The molecule has 6 heteroatoms. The van der Waals surface area contributed by atoms with Crippen LogP contribution in [0.25, 0.3) is 0 Å². The number of ether oxygens (including phenoxy) is 2. The Morgan fingerprint density at radius 2 is 2.08 bits per heavy atom. The number of hydrogen-bond donors (Lipinski definition) is 1. The first-order chi connectivity index (χ1) is 11.6. The number of rotatable bonds is 3. The maximum absolute atomic E-state index is 12.0. The van der Waals surface area contributed by atoms with Crippen LogP contribution in [-0.2, 0) is 10.2 Å². The molecule has 5 rings (SSSR count). The second kappa shape index (κ2) is 4.65. The van der Waals surface area contributed by atoms with E-state index < -0.39 is 6.04 Å². The Kier molecular flexibility index (Phi) is 2.74. The van der Waals surface area contributed by atoms with Crippen LogP contribution in [0.2, 0.25) is 0 Å². The van der Waals surface area contributed by atoms with Crippen molar-refractivity contribution < 1.29 is 19.1 Å². The molecule has 1 N–H and O–H groups in total. The van der Waals surface area contributed by atoms with Crippen molar-refractivity contribution in [3.8, 4) is 11.5 Å². The van der Waals surface area contributed by atoms with Crippen LogP contribution in [0.5, 0.6) is 11.5 Å². The summed E-state index contributed by atoms with van der Waals surface area (Å²) in [6, 6.07) is 5.24. The van der Waals surface area contributed by atoms with Gasteiger partial charge in [0, 0.05) is 29.9 Å². The van der Waals surface area contributed by atoms with Gasteiger partial charge in [-0.2, -0.15) is 0 Å². The van der Waals surface area contributed by atoms with Crippen molar-refractivity contribution in [1.82, 2.24) is 10.2 Å². The Morgan fingerprint density at radius 3 is 2.75 bits per heavy atom. The third kappa shape index (κ3) is 1.88. The van der Waals surface area contributed by atoms with Crippen LogP contribution < -0.4 is 14.8 Å². The standard InChI is InChI=1S/C18H20N2O4/c1-10-16(21)20(17(22)19-10)11-7-12(8-11)24-14-4-2-3-13-15(14)18(5-6-18)9-23-13/h2-4,10-12H,5-9H2,1H3,(H,19,22)/t10-,11?,12?/m0/s1. The van der Waals surface area contributed by atoms with E-state index in [1.165, 1.54) is 10.5 Å². The van der Waals surface area contributed by atoms with E-state index in [4.69, 9.17) is 9.47 Å². The van der Waals surface area contributed by atoms with Gasteiger partial charge in [0.1, 0.15) is 23.6 Å². The predicted octanol–water partition coefficient (Wildman–Crippen LogP) is 1.96. The van der Waals surface area contributed by atoms with Crippen LogP contribution in [0.15, 0.2) is 18.2 Å². The lowest BCUT2D eigenvalue weighted by molar-refractivity contribution is -0.131. The van der Waals surface area contributed by atoms with Gasteiger partial charge in [0.2, 0.25) is 0 Å². The van der Waals surface area contributed by atoms with Crippen molar-refractivity contribution in [3.63, 3.8) is 0 Å². The van der Waals surface area contributed by atoms with Crippen molar-refractivity contribution in [1.29, 1.82) is 0 Å². The van der Waals surface area contributed by atoms with Crippen molar-refractivity contribution in [2.45, 2.75) is 56.2 Å². The SMILES string of the molecule is C[C@@H]1NC(=O)N(C2CC(Oc3cccc4c3C3(CC3)CO4)C2)C1=O. The zero-order chi connectivity index (χ0) is 16.5. The number of amides is 3. The van der Waals surface area contributed by atoms with Gasteiger partial charge in [0.25, 0.3) is 5.91 Å². The highest BCUT2D eigenvalue weighted by Crippen LogP contribution is 2.58. The molecule has 6 nitrogen and oxygen atoms in total. The summed E-state index contributed by atoms with van der Waals surface area (Å²) in [6.07, 6.45) is 3.77. The number of urea groups is 1. The maximum Gasteiger partial charge on any atom is 0.325 e. The molecule has 2 saturated carbocycles. The van der Waals surface area contributed by atoms with Crippen LogP contribution in [0, 0.1) is 0 Å². The minimum Gasteiger partial charge on any atom is -0.492 e. The lowest BCUT2D eigenvalue weighted by atomic mass is 9.87. The molecule has 1 saturated heterocycles. The monoisotopic (exact) mass is 328 g/mol. The van der Waals surface area contributed by atoms with Gasteiger partial charge in [-0.3, -0.25) is 9.69 Å². The molecule has 4 aliphatic rings. The van der Waals surface area contributed by atoms with E-state index in [9.17, 15) is 9.59 Å². The molecule has 3 amide bonds. The van der Waals surface area contributed by atoms with E-state index in [1.54, 1.807) is 6.92 Å². The highest BCUT2D eigenvalue weighted by molar-refractivity contribution is 6.04. The zero-order valence-electron chi connectivity index (χ0n) is 13.6. The zero-order valence-corrected chi connectivity index (χ0v) is 13.6. The fourth-order valence-corrected chi connectivity index (χ4v) is 4.08. The van der Waals surface area contributed by atoms with Gasteiger partial charge >= 0.3 is 6.03 Å². The van der Waals surface area contributed by atoms with Gasteiger partial charge in [0.15, 0.2) is 0 Å². The molecule has 2 heterocycles. The maximum atomic E-state index is 12.0. The van der Waals surface area contributed by atoms with Crippen LogP contribution >= 0.6 is 0 Å². The summed E-state index contributed by atoms with van der Waals surface area (Å²) in [4.78, 5) is 25.3. The Morgan fingerprint density at radius 1 is 1.29 bits per heavy atom. The topological polar surface area (TPSA) is 67.9 Å². The van der Waals surface area contributed by atoms with Crippen LogP contribution in [0.4, 0.5) is 4.79 Å². The van der Waals surface area contributed by atoms with Crippen molar-refractivity contribution in [3.05, 3.63) is 23.8 Å². The summed E-state index contributed by atoms with van der Waals surface area (Å²) < 4.78 is 12.0. The Bertz CT molecular complexity index is 737. The van der Waals surface area contributed by atoms with Gasteiger partial charge in [-0.25, -0.2) is 4.79 Å². The minimum absolute atomic E-state index is 0.0460. The van der Waals surface area contributed by atoms with E-state index in [-0.39, 0.29) is 29.5 Å². The van der Waals surface area contributed by atoms with E-state index in [0.717, 1.165) is 30.9 Å². The van der Waals surface area contributed by atoms with Crippen molar-refractivity contribution in [2.24, 2.45) is 0 Å². The van der Waals surface area contributed by atoms with Gasteiger partial charge in [-0.1, -0.05) is 6.07 Å². The summed E-state index contributed by atoms with van der Waals surface area (Å²) >= 11 is 0. The Balaban J connectivity index is 1.29. The number of nitrogens with one attached hydrogen (secondary N) is 1. The minimum atomic E-state index is -0.415. The molecule has 1 aromatic carbocycles. The highest BCUT2D eigenvalue weighted by atomic mass is 16.5. The number of carbonyl (C=O) groups excluding carboxylic acids is 2. The summed E-state index contributed by atoms with van der Waals surface area (Å²) in [5.41, 5.74) is 1.40. The molecule has 1 aromatic rings. The quantitative estimate of drug-likeness (QED) is 0.861. The van der Waals surface area contributed by atoms with Gasteiger partial charge in [0.05, 0.1) is 6.61 Å². The van der Waals surface area contributed by atoms with Crippen molar-refractivity contribution in [2.75, 3.05) is 6.61 Å². The smallest absolute Gasteiger partial charge is 0.325 e. The molecule has 0 unspecified atom stereocenters. The van der Waals surface area contributed by atoms with E-state index >= 15 is 0 Å². The molecule has 1 atom stereocenters. The lowest BCUT2D eigenvalue weighted by Crippen LogP contribution is -2.52. The molecule has 24 heavy (non-hydrogen) atoms. The predicted molar refractivity (Wildman–Crippen MR) is 85.1 cm³/mol. The largest absolute Gasteiger partial charge is 0.492 e. The first kappa shape index (κ1) is 14.1. The van der Waals surface area contributed by atoms with E-state index in [1.807, 2.05) is 18.2 Å². The van der Waals surface area contributed by atoms with Gasteiger partial charge < -0.3 is 14.8 Å². The third-order valence-electron chi connectivity index (χ3n) is 5.77. The van der Waals surface area contributed by atoms with Gasteiger partial charge in [-0.15, -0.1) is 0 Å². The molecule has 0 aromatic heterocycles. The fourth-order valence-electron chi connectivity index (χ4n) is 4.08. The highest BCUT2D eigenvalue weighted by Gasteiger charge is 2.53. The number of fused-ring (bicyclic) bond motifs is 2. The van der Waals surface area contributed by atoms with E-state index in [2.05, 4.69) is 5.32 Å². The molecule has 0 bridgehead atoms. The van der Waals surface area contributed by atoms with Crippen LogP contribution in [0.3, 0.4) is 0 Å². The summed E-state index contributed by atoms with van der Waals surface area (Å²) in [7, 11) is 0. The van der Waals surface area contributed by atoms with Crippen LogP contribution in [-0.4, -0.2) is 41.6 Å². The average molecular weight is 328 g/mol. The van der Waals surface area contributed by atoms with Crippen molar-refractivity contribution >= 4 is 11.9 Å². The number of benzene rings is 1. The molecule has 2 aliphatic carbocycles. The number of imide groups is 1. The average Bonchev–Trinajstić information content (AvgIpc) is 3.14. The lowest BCUT2D eigenvalue weighted by Gasteiger charge is -2.39. The normalized spacial score (nSPS) is 32.2. The molecule has 1 spiro atoms. The third-order valence-corrected chi connectivity index (χ3v) is 5.77. The number of nitrogens with zero attached hydrogens (tertiary/aromatic N) is 1. The molecule has 126 valence electrons. The number of carbonyl (C=O) groups is 2.